The van der Waals surface area contributed by atoms with Crippen LogP contribution in [0.5, 0.6) is 0 Å². The van der Waals surface area contributed by atoms with Crippen LogP contribution in [0.15, 0.2) is 0 Å². The summed E-state index contributed by atoms with van der Waals surface area (Å²) < 4.78 is 19.4. The van der Waals surface area contributed by atoms with Gasteiger partial charge in [-0.2, -0.15) is 0 Å². The maximum Gasteiger partial charge on any atom is 0.128 e. The molecular formula is C13H25FN2O. The van der Waals surface area contributed by atoms with Gasteiger partial charge in [0.2, 0.25) is 0 Å². The minimum atomic E-state index is -0.728. The van der Waals surface area contributed by atoms with Gasteiger partial charge in [0.05, 0.1) is 0 Å². The molecule has 17 heavy (non-hydrogen) atoms. The van der Waals surface area contributed by atoms with E-state index in [1.807, 2.05) is 0 Å². The predicted molar refractivity (Wildman–Crippen MR) is 67.0 cm³/mol. The fourth-order valence-corrected chi connectivity index (χ4v) is 2.93. The third-order valence-corrected chi connectivity index (χ3v) is 3.83. The summed E-state index contributed by atoms with van der Waals surface area (Å²) in [6.45, 7) is 7.46. The highest BCUT2D eigenvalue weighted by Gasteiger charge is 2.33. The molecule has 1 N–H and O–H groups in total. The van der Waals surface area contributed by atoms with Gasteiger partial charge in [0, 0.05) is 44.4 Å². The number of hydrogen-bond donors (Lipinski definition) is 1. The van der Waals surface area contributed by atoms with E-state index in [-0.39, 0.29) is 6.04 Å². The quantitative estimate of drug-likeness (QED) is 0.815. The van der Waals surface area contributed by atoms with Crippen LogP contribution in [0.2, 0.25) is 0 Å². The number of ether oxygens (including phenoxy) is 1. The summed E-state index contributed by atoms with van der Waals surface area (Å²) in [6.07, 6.45) is 2.33. The van der Waals surface area contributed by atoms with Crippen molar-refractivity contribution in [3.8, 4) is 0 Å². The van der Waals surface area contributed by atoms with E-state index in [0.717, 1.165) is 39.0 Å². The highest BCUT2D eigenvalue weighted by molar-refractivity contribution is 4.89. The number of rotatable bonds is 3. The zero-order chi connectivity index (χ0) is 12.3. The lowest BCUT2D eigenvalue weighted by atomic mass is 9.98. The average molecular weight is 244 g/mol. The monoisotopic (exact) mass is 244 g/mol. The van der Waals surface area contributed by atoms with E-state index in [1.165, 1.54) is 0 Å². The molecule has 2 saturated heterocycles. The number of likely N-dealkylation sites (tertiary alicyclic amines) is 1. The van der Waals surface area contributed by atoms with Gasteiger partial charge in [-0.15, -0.1) is 0 Å². The molecule has 0 aromatic rings. The van der Waals surface area contributed by atoms with E-state index in [9.17, 15) is 4.39 Å². The summed E-state index contributed by atoms with van der Waals surface area (Å²) in [6, 6.07) is 0.959. The molecule has 0 saturated carbocycles. The number of halogens is 1. The Morgan fingerprint density at radius 2 is 1.94 bits per heavy atom. The van der Waals surface area contributed by atoms with Crippen molar-refractivity contribution in [3.05, 3.63) is 0 Å². The van der Waals surface area contributed by atoms with Crippen molar-refractivity contribution in [2.75, 3.05) is 26.3 Å². The summed E-state index contributed by atoms with van der Waals surface area (Å²) in [5.74, 6) is 0. The Morgan fingerprint density at radius 1 is 1.24 bits per heavy atom. The van der Waals surface area contributed by atoms with Gasteiger partial charge in [0.15, 0.2) is 0 Å². The molecular weight excluding hydrogens is 219 g/mol. The number of piperidine rings is 1. The van der Waals surface area contributed by atoms with Crippen LogP contribution in [0.4, 0.5) is 4.39 Å². The summed E-state index contributed by atoms with van der Waals surface area (Å²) in [5.41, 5.74) is 0. The molecule has 0 unspecified atom stereocenters. The molecule has 0 radical (unpaired) electrons. The summed E-state index contributed by atoms with van der Waals surface area (Å²) >= 11 is 0. The number of nitrogens with zero attached hydrogens (tertiary/aromatic N) is 1. The molecule has 2 fully saturated rings. The lowest BCUT2D eigenvalue weighted by molar-refractivity contribution is 0.00406. The molecule has 2 heterocycles. The molecule has 0 bridgehead atoms. The Labute approximate surface area is 104 Å². The van der Waals surface area contributed by atoms with Crippen LogP contribution in [-0.2, 0) is 4.74 Å². The largest absolute Gasteiger partial charge is 0.381 e. The second kappa shape index (κ2) is 6.12. The number of nitrogens with one attached hydrogen (secondary N) is 1. The fourth-order valence-electron chi connectivity index (χ4n) is 2.93. The minimum Gasteiger partial charge on any atom is -0.381 e. The minimum absolute atomic E-state index is 0.0473. The second-order valence-electron chi connectivity index (χ2n) is 5.57. The molecule has 2 atom stereocenters. The summed E-state index contributed by atoms with van der Waals surface area (Å²) in [7, 11) is 0. The third kappa shape index (κ3) is 3.63. The molecule has 2 aliphatic rings. The first-order valence-electron chi connectivity index (χ1n) is 6.88. The van der Waals surface area contributed by atoms with E-state index in [1.54, 1.807) is 0 Å². The second-order valence-corrected chi connectivity index (χ2v) is 5.57. The first-order valence-corrected chi connectivity index (χ1v) is 6.88. The van der Waals surface area contributed by atoms with Gasteiger partial charge >= 0.3 is 0 Å². The maximum atomic E-state index is 14.1. The van der Waals surface area contributed by atoms with Gasteiger partial charge < -0.3 is 10.1 Å². The average Bonchev–Trinajstić information content (AvgIpc) is 2.32. The Kier molecular flexibility index (Phi) is 4.77. The molecule has 0 aromatic heterocycles. The zero-order valence-electron chi connectivity index (χ0n) is 11.0. The molecule has 2 aliphatic heterocycles. The van der Waals surface area contributed by atoms with Crippen LogP contribution < -0.4 is 5.32 Å². The predicted octanol–water partition coefficient (Wildman–Crippen LogP) is 1.58. The van der Waals surface area contributed by atoms with E-state index < -0.39 is 6.17 Å². The molecule has 2 rings (SSSR count). The standard InChI is InChI=1S/C13H25FN2O/c1-10(2)15-13-3-6-16(9-12(13)14)11-4-7-17-8-5-11/h10-13,15H,3-9H2,1-2H3/t12-,13+/m1/s1. The van der Waals surface area contributed by atoms with Crippen molar-refractivity contribution in [2.45, 2.75) is 57.4 Å². The SMILES string of the molecule is CC(C)N[C@H]1CCN(C2CCOCC2)C[C@H]1F. The fraction of sp³-hybridized carbons (Fsp3) is 1.00. The van der Waals surface area contributed by atoms with Crippen molar-refractivity contribution in [3.63, 3.8) is 0 Å². The van der Waals surface area contributed by atoms with Crippen molar-refractivity contribution in [1.29, 1.82) is 0 Å². The Hall–Kier alpha value is -0.190. The van der Waals surface area contributed by atoms with Crippen molar-refractivity contribution in [2.24, 2.45) is 0 Å². The van der Waals surface area contributed by atoms with Crippen molar-refractivity contribution >= 4 is 0 Å². The Bertz CT molecular complexity index is 231. The van der Waals surface area contributed by atoms with E-state index in [2.05, 4.69) is 24.1 Å². The molecule has 3 nitrogen and oxygen atoms in total. The van der Waals surface area contributed by atoms with Gasteiger partial charge in [-0.05, 0) is 19.3 Å². The molecule has 0 spiro atoms. The first-order chi connectivity index (χ1) is 8.16. The van der Waals surface area contributed by atoms with Gasteiger partial charge in [-0.25, -0.2) is 4.39 Å². The number of hydrogen-bond acceptors (Lipinski definition) is 3. The van der Waals surface area contributed by atoms with Crippen molar-refractivity contribution < 1.29 is 9.13 Å². The summed E-state index contributed by atoms with van der Waals surface area (Å²) in [4.78, 5) is 2.33. The highest BCUT2D eigenvalue weighted by atomic mass is 19.1. The zero-order valence-corrected chi connectivity index (χ0v) is 11.0. The van der Waals surface area contributed by atoms with Gasteiger partial charge in [-0.1, -0.05) is 13.8 Å². The number of alkyl halides is 1. The smallest absolute Gasteiger partial charge is 0.128 e. The Morgan fingerprint density at radius 3 is 2.53 bits per heavy atom. The lowest BCUT2D eigenvalue weighted by Crippen LogP contribution is -2.55. The lowest BCUT2D eigenvalue weighted by Gasteiger charge is -2.41. The molecule has 0 amide bonds. The van der Waals surface area contributed by atoms with E-state index >= 15 is 0 Å². The van der Waals surface area contributed by atoms with Crippen LogP contribution in [0.25, 0.3) is 0 Å². The molecule has 100 valence electrons. The maximum absolute atomic E-state index is 14.1. The third-order valence-electron chi connectivity index (χ3n) is 3.83. The molecule has 0 aromatic carbocycles. The molecule has 4 heteroatoms. The van der Waals surface area contributed by atoms with Gasteiger partial charge in [0.25, 0.3) is 0 Å². The van der Waals surface area contributed by atoms with E-state index in [0.29, 0.717) is 18.6 Å². The van der Waals surface area contributed by atoms with Crippen LogP contribution >= 0.6 is 0 Å². The normalized spacial score (nSPS) is 33.2. The van der Waals surface area contributed by atoms with Crippen molar-refractivity contribution in [1.82, 2.24) is 10.2 Å². The van der Waals surface area contributed by atoms with Crippen LogP contribution in [-0.4, -0.2) is 55.5 Å². The Balaban J connectivity index is 1.81. The molecule has 0 aliphatic carbocycles. The highest BCUT2D eigenvalue weighted by Crippen LogP contribution is 2.21. The topological polar surface area (TPSA) is 24.5 Å². The summed E-state index contributed by atoms with van der Waals surface area (Å²) in [5, 5.41) is 3.33. The van der Waals surface area contributed by atoms with Crippen LogP contribution in [0.3, 0.4) is 0 Å². The van der Waals surface area contributed by atoms with Crippen LogP contribution in [0, 0.1) is 0 Å². The van der Waals surface area contributed by atoms with E-state index in [4.69, 9.17) is 4.74 Å². The van der Waals surface area contributed by atoms with Gasteiger partial charge in [0.1, 0.15) is 6.17 Å². The van der Waals surface area contributed by atoms with Gasteiger partial charge in [-0.3, -0.25) is 4.90 Å². The first kappa shape index (κ1) is 13.2. The van der Waals surface area contributed by atoms with Crippen LogP contribution in [0.1, 0.15) is 33.1 Å².